The first-order valence-electron chi connectivity index (χ1n) is 8.55. The summed E-state index contributed by atoms with van der Waals surface area (Å²) in [6.45, 7) is 0.319. The van der Waals surface area contributed by atoms with Crippen molar-refractivity contribution in [1.29, 1.82) is 0 Å². The van der Waals surface area contributed by atoms with Gasteiger partial charge in [-0.2, -0.15) is 0 Å². The van der Waals surface area contributed by atoms with Crippen molar-refractivity contribution in [3.05, 3.63) is 85.8 Å². The van der Waals surface area contributed by atoms with E-state index in [2.05, 4.69) is 14.8 Å². The van der Waals surface area contributed by atoms with E-state index >= 15 is 0 Å². The Morgan fingerprint density at radius 3 is 2.57 bits per heavy atom. The van der Waals surface area contributed by atoms with Gasteiger partial charge in [-0.1, -0.05) is 46.9 Å². The molecular formula is C19H13Cl3N4O3S. The number of benzene rings is 2. The fourth-order valence-corrected chi connectivity index (χ4v) is 5.05. The molecular weight excluding hydrogens is 471 g/mol. The highest BCUT2D eigenvalue weighted by atomic mass is 35.5. The van der Waals surface area contributed by atoms with Crippen molar-refractivity contribution in [2.75, 3.05) is 4.72 Å². The number of nitrogens with one attached hydrogen (secondary N) is 2. The summed E-state index contributed by atoms with van der Waals surface area (Å²) in [5.41, 5.74) is 0.904. The molecule has 2 aromatic heterocycles. The second kappa shape index (κ2) is 7.96. The van der Waals surface area contributed by atoms with E-state index in [0.29, 0.717) is 12.1 Å². The fraction of sp³-hybridized carbons (Fsp3) is 0.0526. The van der Waals surface area contributed by atoms with E-state index in [1.165, 1.54) is 30.3 Å². The van der Waals surface area contributed by atoms with Crippen LogP contribution in [-0.2, 0) is 16.6 Å². The van der Waals surface area contributed by atoms with Gasteiger partial charge in [0.2, 0.25) is 0 Å². The number of halogens is 3. The topological polar surface area (TPSA) is 96.8 Å². The Balaban J connectivity index is 1.74. The summed E-state index contributed by atoms with van der Waals surface area (Å²) in [6, 6.07) is 12.6. The third-order valence-electron chi connectivity index (χ3n) is 4.35. The number of hydrogen-bond donors (Lipinski definition) is 2. The zero-order valence-corrected chi connectivity index (χ0v) is 18.1. The van der Waals surface area contributed by atoms with Crippen LogP contribution in [0.3, 0.4) is 0 Å². The third-order valence-corrected chi connectivity index (χ3v) is 7.01. The largest absolute Gasteiger partial charge is 0.278 e. The lowest BCUT2D eigenvalue weighted by Crippen LogP contribution is -2.14. The molecule has 154 valence electrons. The second-order valence-electron chi connectivity index (χ2n) is 6.35. The molecule has 11 heteroatoms. The maximum Gasteiger partial charge on any atom is 0.272 e. The Labute approximate surface area is 186 Å². The van der Waals surface area contributed by atoms with Crippen LogP contribution < -0.4 is 10.3 Å². The summed E-state index contributed by atoms with van der Waals surface area (Å²) in [4.78, 5) is 16.5. The number of fused-ring (bicyclic) bond motifs is 1. The van der Waals surface area contributed by atoms with Gasteiger partial charge in [0, 0.05) is 6.20 Å². The van der Waals surface area contributed by atoms with Gasteiger partial charge >= 0.3 is 0 Å². The van der Waals surface area contributed by atoms with Crippen molar-refractivity contribution in [1.82, 2.24) is 14.8 Å². The summed E-state index contributed by atoms with van der Waals surface area (Å²) in [5, 5.41) is 3.08. The summed E-state index contributed by atoms with van der Waals surface area (Å²) < 4.78 is 29.5. The lowest BCUT2D eigenvalue weighted by Gasteiger charge is -2.12. The predicted molar refractivity (Wildman–Crippen MR) is 118 cm³/mol. The Morgan fingerprint density at radius 1 is 1.03 bits per heavy atom. The molecule has 0 atom stereocenters. The summed E-state index contributed by atoms with van der Waals surface area (Å²) >= 11 is 18.3. The van der Waals surface area contributed by atoms with E-state index in [1.54, 1.807) is 16.9 Å². The monoisotopic (exact) mass is 482 g/mol. The van der Waals surface area contributed by atoms with Gasteiger partial charge < -0.3 is 0 Å². The molecule has 0 saturated heterocycles. The molecule has 4 rings (SSSR count). The van der Waals surface area contributed by atoms with Gasteiger partial charge in [-0.05, 0) is 36.4 Å². The Bertz CT molecular complexity index is 1420. The summed E-state index contributed by atoms with van der Waals surface area (Å²) in [5.74, 6) is 0. The second-order valence-corrected chi connectivity index (χ2v) is 9.20. The number of rotatable bonds is 5. The lowest BCUT2D eigenvalue weighted by atomic mass is 10.2. The molecule has 0 fully saturated rings. The molecule has 0 amide bonds. The minimum Gasteiger partial charge on any atom is -0.278 e. The maximum absolute atomic E-state index is 12.8. The molecule has 0 unspecified atom stereocenters. The average Bonchev–Trinajstić information content (AvgIpc) is 2.99. The normalized spacial score (nSPS) is 11.7. The number of anilines is 1. The van der Waals surface area contributed by atoms with E-state index < -0.39 is 10.0 Å². The van der Waals surface area contributed by atoms with Crippen LogP contribution in [0.5, 0.6) is 0 Å². The van der Waals surface area contributed by atoms with Crippen LogP contribution in [0.1, 0.15) is 5.69 Å². The number of H-pyrrole nitrogens is 1. The van der Waals surface area contributed by atoms with Crippen LogP contribution >= 0.6 is 34.8 Å². The van der Waals surface area contributed by atoms with Crippen molar-refractivity contribution < 1.29 is 8.42 Å². The number of aromatic amines is 1. The molecule has 0 bridgehead atoms. The van der Waals surface area contributed by atoms with Gasteiger partial charge in [0.25, 0.3) is 15.6 Å². The number of pyridine rings is 1. The summed E-state index contributed by atoms with van der Waals surface area (Å²) in [7, 11) is -4.09. The van der Waals surface area contributed by atoms with Crippen molar-refractivity contribution in [3.8, 4) is 0 Å². The minimum atomic E-state index is -4.09. The van der Waals surface area contributed by atoms with Crippen molar-refractivity contribution in [3.63, 3.8) is 0 Å². The molecule has 2 N–H and O–H groups in total. The number of sulfonamides is 1. The SMILES string of the molecule is O=c1[nH]n(Cc2ccccn2)c2cc(Cl)c(NS(=O)(=O)c3cccc(Cl)c3Cl)cc12. The molecule has 0 aliphatic heterocycles. The van der Waals surface area contributed by atoms with Gasteiger partial charge in [0.1, 0.15) is 4.90 Å². The van der Waals surface area contributed by atoms with Crippen LogP contribution in [0.2, 0.25) is 15.1 Å². The molecule has 0 aliphatic rings. The molecule has 0 saturated carbocycles. The van der Waals surface area contributed by atoms with Crippen molar-refractivity contribution in [2.45, 2.75) is 11.4 Å². The summed E-state index contributed by atoms with van der Waals surface area (Å²) in [6.07, 6.45) is 1.65. The van der Waals surface area contributed by atoms with Crippen LogP contribution in [-0.4, -0.2) is 23.2 Å². The van der Waals surface area contributed by atoms with Crippen molar-refractivity contribution >= 4 is 61.4 Å². The Kier molecular flexibility index (Phi) is 5.50. The van der Waals surface area contributed by atoms with Gasteiger partial charge in [0.05, 0.1) is 43.9 Å². The zero-order valence-electron chi connectivity index (χ0n) is 15.1. The van der Waals surface area contributed by atoms with Gasteiger partial charge in [-0.3, -0.25) is 24.3 Å². The first-order chi connectivity index (χ1) is 14.3. The Hall–Kier alpha value is -2.52. The predicted octanol–water partition coefficient (Wildman–Crippen LogP) is 4.53. The maximum atomic E-state index is 12.8. The molecule has 0 spiro atoms. The first kappa shape index (κ1) is 20.7. The van der Waals surface area contributed by atoms with E-state index in [0.717, 1.165) is 5.69 Å². The molecule has 0 radical (unpaired) electrons. The molecule has 4 aromatic rings. The van der Waals surface area contributed by atoms with Crippen LogP contribution in [0.25, 0.3) is 10.9 Å². The zero-order chi connectivity index (χ0) is 21.5. The molecule has 0 aliphatic carbocycles. The quantitative estimate of drug-likeness (QED) is 0.436. The standard InChI is InChI=1S/C19H13Cl3N4O3S/c20-13-5-3-6-17(18(13)22)30(28,29)25-15-8-12-16(9-14(15)21)26(24-19(12)27)10-11-4-1-2-7-23-11/h1-9,25H,10H2,(H,24,27). The number of aromatic nitrogens is 3. The van der Waals surface area contributed by atoms with Crippen LogP contribution in [0.15, 0.2) is 64.4 Å². The van der Waals surface area contributed by atoms with E-state index in [4.69, 9.17) is 34.8 Å². The highest BCUT2D eigenvalue weighted by molar-refractivity contribution is 7.92. The minimum absolute atomic E-state index is 0.0429. The van der Waals surface area contributed by atoms with E-state index in [-0.39, 0.29) is 36.6 Å². The number of nitrogens with zero attached hydrogens (tertiary/aromatic N) is 2. The van der Waals surface area contributed by atoms with Crippen molar-refractivity contribution in [2.24, 2.45) is 0 Å². The number of hydrogen-bond acceptors (Lipinski definition) is 4. The molecule has 7 nitrogen and oxygen atoms in total. The smallest absolute Gasteiger partial charge is 0.272 e. The first-order valence-corrected chi connectivity index (χ1v) is 11.2. The fourth-order valence-electron chi connectivity index (χ4n) is 2.96. The van der Waals surface area contributed by atoms with Gasteiger partial charge in [-0.25, -0.2) is 8.42 Å². The molecule has 2 heterocycles. The molecule has 2 aromatic carbocycles. The molecule has 30 heavy (non-hydrogen) atoms. The highest BCUT2D eigenvalue weighted by Gasteiger charge is 2.22. The van der Waals surface area contributed by atoms with E-state index in [9.17, 15) is 13.2 Å². The van der Waals surface area contributed by atoms with Gasteiger partial charge in [-0.15, -0.1) is 0 Å². The van der Waals surface area contributed by atoms with E-state index in [1.807, 2.05) is 12.1 Å². The van der Waals surface area contributed by atoms with Crippen LogP contribution in [0, 0.1) is 0 Å². The Morgan fingerprint density at radius 2 is 1.83 bits per heavy atom. The highest BCUT2D eigenvalue weighted by Crippen LogP contribution is 2.33. The van der Waals surface area contributed by atoms with Gasteiger partial charge in [0.15, 0.2) is 0 Å². The van der Waals surface area contributed by atoms with Crippen LogP contribution in [0.4, 0.5) is 5.69 Å². The average molecular weight is 484 g/mol. The lowest BCUT2D eigenvalue weighted by molar-refractivity contribution is 0.601. The third kappa shape index (κ3) is 3.91.